The van der Waals surface area contributed by atoms with Gasteiger partial charge in [-0.25, -0.2) is 0 Å². The molecule has 0 fully saturated rings. The quantitative estimate of drug-likeness (QED) is 0.168. The fourth-order valence-electron chi connectivity index (χ4n) is 9.86. The van der Waals surface area contributed by atoms with Gasteiger partial charge in [-0.05, 0) is 108 Å². The molecule has 0 amide bonds. The molecule has 0 bridgehead atoms. The van der Waals surface area contributed by atoms with Crippen LogP contribution >= 0.6 is 0 Å². The Hall–Kier alpha value is -8.34. The predicted octanol–water partition coefficient (Wildman–Crippen LogP) is 16.1. The fraction of sp³-hybridized carbons (Fsp3) is 0. The van der Waals surface area contributed by atoms with Crippen LogP contribution < -0.4 is 4.90 Å². The third kappa shape index (κ3) is 5.27. The number of aromatic nitrogens is 2. The summed E-state index contributed by atoms with van der Waals surface area (Å²) in [6.45, 7) is 0. The molecular formula is C58H37N3O. The molecule has 0 aliphatic carbocycles. The van der Waals surface area contributed by atoms with Crippen molar-refractivity contribution in [2.75, 3.05) is 4.90 Å². The van der Waals surface area contributed by atoms with Crippen molar-refractivity contribution in [3.63, 3.8) is 0 Å². The number of hydrogen-bond donors (Lipinski definition) is 0. The lowest BCUT2D eigenvalue weighted by Crippen LogP contribution is -2.09. The van der Waals surface area contributed by atoms with Crippen LogP contribution in [0.15, 0.2) is 229 Å². The Kier molecular flexibility index (Phi) is 7.57. The first-order valence-electron chi connectivity index (χ1n) is 21.2. The van der Waals surface area contributed by atoms with Gasteiger partial charge in [0.2, 0.25) is 0 Å². The third-order valence-corrected chi connectivity index (χ3v) is 12.7. The van der Waals surface area contributed by atoms with E-state index in [0.717, 1.165) is 55.9 Å². The number of anilines is 3. The van der Waals surface area contributed by atoms with E-state index in [1.54, 1.807) is 0 Å². The lowest BCUT2D eigenvalue weighted by atomic mass is 10.0. The predicted molar refractivity (Wildman–Crippen MR) is 260 cm³/mol. The Morgan fingerprint density at radius 3 is 1.61 bits per heavy atom. The molecule has 0 aliphatic rings. The van der Waals surface area contributed by atoms with E-state index in [1.165, 1.54) is 59.9 Å². The maximum absolute atomic E-state index is 6.28. The molecule has 0 saturated heterocycles. The summed E-state index contributed by atoms with van der Waals surface area (Å²) in [5.74, 6) is 0. The van der Waals surface area contributed by atoms with Crippen molar-refractivity contribution in [2.24, 2.45) is 0 Å². The second-order valence-corrected chi connectivity index (χ2v) is 16.1. The topological polar surface area (TPSA) is 26.2 Å². The van der Waals surface area contributed by atoms with Gasteiger partial charge < -0.3 is 18.5 Å². The molecule has 0 spiro atoms. The van der Waals surface area contributed by atoms with Crippen molar-refractivity contribution < 1.29 is 4.42 Å². The van der Waals surface area contributed by atoms with E-state index in [-0.39, 0.29) is 0 Å². The summed E-state index contributed by atoms with van der Waals surface area (Å²) in [5.41, 5.74) is 14.4. The first-order chi connectivity index (χ1) is 30.7. The second kappa shape index (κ2) is 13.6. The minimum Gasteiger partial charge on any atom is -0.456 e. The molecule has 0 aliphatic heterocycles. The molecule has 13 rings (SSSR count). The van der Waals surface area contributed by atoms with Gasteiger partial charge in [-0.1, -0.05) is 133 Å². The Morgan fingerprint density at radius 2 is 0.839 bits per heavy atom. The molecule has 0 atom stereocenters. The van der Waals surface area contributed by atoms with Crippen LogP contribution in [0.25, 0.3) is 98.8 Å². The van der Waals surface area contributed by atoms with Crippen molar-refractivity contribution >= 4 is 93.4 Å². The maximum Gasteiger partial charge on any atom is 0.135 e. The van der Waals surface area contributed by atoms with E-state index in [0.29, 0.717) is 0 Å². The Bertz CT molecular complexity index is 3850. The zero-order valence-corrected chi connectivity index (χ0v) is 33.6. The van der Waals surface area contributed by atoms with Crippen molar-refractivity contribution in [2.45, 2.75) is 0 Å². The lowest BCUT2D eigenvalue weighted by molar-refractivity contribution is 0.669. The van der Waals surface area contributed by atoms with E-state index < -0.39 is 0 Å². The molecule has 10 aromatic carbocycles. The van der Waals surface area contributed by atoms with Gasteiger partial charge in [0.05, 0.1) is 22.1 Å². The smallest absolute Gasteiger partial charge is 0.135 e. The third-order valence-electron chi connectivity index (χ3n) is 12.7. The molecule has 0 N–H and O–H groups in total. The molecule has 62 heavy (non-hydrogen) atoms. The van der Waals surface area contributed by atoms with Crippen LogP contribution in [-0.2, 0) is 0 Å². The van der Waals surface area contributed by atoms with Crippen molar-refractivity contribution in [3.8, 4) is 22.5 Å². The first kappa shape index (κ1) is 34.5. The fourth-order valence-corrected chi connectivity index (χ4v) is 9.86. The molecule has 3 aromatic heterocycles. The second-order valence-electron chi connectivity index (χ2n) is 16.1. The summed E-state index contributed by atoms with van der Waals surface area (Å²) in [6, 6.07) is 81.0. The average molecular weight is 792 g/mol. The van der Waals surface area contributed by atoms with Gasteiger partial charge >= 0.3 is 0 Å². The number of hydrogen-bond acceptors (Lipinski definition) is 2. The highest BCUT2D eigenvalue weighted by molar-refractivity contribution is 6.18. The number of nitrogens with zero attached hydrogens (tertiary/aromatic N) is 3. The van der Waals surface area contributed by atoms with Crippen LogP contribution in [0.3, 0.4) is 0 Å². The largest absolute Gasteiger partial charge is 0.456 e. The molecule has 0 saturated carbocycles. The summed E-state index contributed by atoms with van der Waals surface area (Å²) in [4.78, 5) is 2.37. The Balaban J connectivity index is 0.933. The SMILES string of the molecule is c1ccc(-n2c3ccccc3c3cc(N(c4ccc(-c5ccc(-n6c7ccccc7c7ccc8ccccc8c76)cc5)cc4)c4ccc5oc6ccccc6c5c4)ccc32)cc1. The highest BCUT2D eigenvalue weighted by Crippen LogP contribution is 2.43. The number of fused-ring (bicyclic) bond motifs is 11. The number of benzene rings is 10. The number of para-hydroxylation sites is 4. The summed E-state index contributed by atoms with van der Waals surface area (Å²) >= 11 is 0. The summed E-state index contributed by atoms with van der Waals surface area (Å²) in [7, 11) is 0. The normalized spacial score (nSPS) is 11.9. The standard InChI is InChI=1S/C58H37N3O/c1-2-13-41(14-3-1)60-53-19-9-7-17-48(53)51-36-44(31-34-55(51)60)59(45-32-35-57-52(37-45)49-18-8-11-21-56(49)62-57)42-27-22-38(23-28-42)39-24-29-43(30-25-39)61-54-20-10-6-16-47(54)50-33-26-40-12-4-5-15-46(40)58(50)61/h1-37H. The molecule has 0 unspecified atom stereocenters. The van der Waals surface area contributed by atoms with Gasteiger partial charge in [-0.2, -0.15) is 0 Å². The van der Waals surface area contributed by atoms with Crippen LogP contribution in [0.1, 0.15) is 0 Å². The van der Waals surface area contributed by atoms with Crippen molar-refractivity contribution in [1.29, 1.82) is 0 Å². The van der Waals surface area contributed by atoms with E-state index in [4.69, 9.17) is 4.42 Å². The van der Waals surface area contributed by atoms with Gasteiger partial charge in [0, 0.05) is 66.1 Å². The van der Waals surface area contributed by atoms with E-state index in [2.05, 4.69) is 226 Å². The zero-order valence-electron chi connectivity index (χ0n) is 33.6. The highest BCUT2D eigenvalue weighted by atomic mass is 16.3. The minimum absolute atomic E-state index is 0.879. The maximum atomic E-state index is 6.28. The van der Waals surface area contributed by atoms with Crippen LogP contribution in [0.5, 0.6) is 0 Å². The average Bonchev–Trinajstić information content (AvgIpc) is 4.00. The van der Waals surface area contributed by atoms with Crippen molar-refractivity contribution in [1.82, 2.24) is 9.13 Å². The Labute approximate surface area is 357 Å². The highest BCUT2D eigenvalue weighted by Gasteiger charge is 2.20. The van der Waals surface area contributed by atoms with Crippen molar-refractivity contribution in [3.05, 3.63) is 224 Å². The van der Waals surface area contributed by atoms with Crippen LogP contribution in [0, 0.1) is 0 Å². The summed E-state index contributed by atoms with van der Waals surface area (Å²) < 4.78 is 11.1. The first-order valence-corrected chi connectivity index (χ1v) is 21.2. The van der Waals surface area contributed by atoms with Crippen LogP contribution in [0.2, 0.25) is 0 Å². The van der Waals surface area contributed by atoms with Crippen LogP contribution in [0.4, 0.5) is 17.1 Å². The molecule has 4 nitrogen and oxygen atoms in total. The van der Waals surface area contributed by atoms with E-state index >= 15 is 0 Å². The van der Waals surface area contributed by atoms with Gasteiger partial charge in [0.1, 0.15) is 11.2 Å². The molecular weight excluding hydrogens is 755 g/mol. The van der Waals surface area contributed by atoms with Gasteiger partial charge in [0.25, 0.3) is 0 Å². The molecule has 3 heterocycles. The summed E-state index contributed by atoms with van der Waals surface area (Å²) in [6.07, 6.45) is 0. The number of furan rings is 1. The molecule has 0 radical (unpaired) electrons. The monoisotopic (exact) mass is 791 g/mol. The van der Waals surface area contributed by atoms with Gasteiger partial charge in [-0.3, -0.25) is 0 Å². The van der Waals surface area contributed by atoms with E-state index in [9.17, 15) is 0 Å². The zero-order chi connectivity index (χ0) is 40.7. The summed E-state index contributed by atoms with van der Waals surface area (Å²) in [5, 5.41) is 9.66. The molecule has 290 valence electrons. The minimum atomic E-state index is 0.879. The molecule has 13 aromatic rings. The Morgan fingerprint density at radius 1 is 0.306 bits per heavy atom. The van der Waals surface area contributed by atoms with E-state index in [1.807, 2.05) is 12.1 Å². The van der Waals surface area contributed by atoms with Gasteiger partial charge in [-0.15, -0.1) is 0 Å². The van der Waals surface area contributed by atoms with Crippen LogP contribution in [-0.4, -0.2) is 9.13 Å². The number of rotatable bonds is 6. The lowest BCUT2D eigenvalue weighted by Gasteiger charge is -2.26. The molecule has 4 heteroatoms. The van der Waals surface area contributed by atoms with Gasteiger partial charge in [0.15, 0.2) is 0 Å².